The van der Waals surface area contributed by atoms with Gasteiger partial charge < -0.3 is 19.9 Å². The minimum atomic E-state index is -1.18. The molecule has 1 saturated carbocycles. The molecule has 25 heavy (non-hydrogen) atoms. The van der Waals surface area contributed by atoms with Gasteiger partial charge in [0.25, 0.3) is 0 Å². The van der Waals surface area contributed by atoms with Crippen molar-refractivity contribution in [2.24, 2.45) is 0 Å². The molecule has 2 N–H and O–H groups in total. The normalized spacial score (nSPS) is 25.2. The standard InChI is InChI=1S/C19H28FNO4/c1-19(2,3)25-18(23)21-14-9-10-17(15(20)11-14)24-12-16(22)13-7-5-4-6-8-13/h4-8,14-17,22H,9-12H2,1-3H3,(H,21,23)/t14-,15-,16?,17-/m0/s1. The van der Waals surface area contributed by atoms with Gasteiger partial charge in [-0.2, -0.15) is 0 Å². The molecule has 1 aromatic rings. The molecule has 1 aliphatic rings. The fourth-order valence-corrected chi connectivity index (χ4v) is 2.87. The fourth-order valence-electron chi connectivity index (χ4n) is 2.87. The molecule has 0 radical (unpaired) electrons. The first-order valence-corrected chi connectivity index (χ1v) is 8.73. The molecular formula is C19H28FNO4. The fraction of sp³-hybridized carbons (Fsp3) is 0.632. The van der Waals surface area contributed by atoms with Crippen LogP contribution in [-0.4, -0.2) is 41.7 Å². The first kappa shape index (κ1) is 19.7. The first-order valence-electron chi connectivity index (χ1n) is 8.73. The maximum Gasteiger partial charge on any atom is 0.407 e. The summed E-state index contributed by atoms with van der Waals surface area (Å²) in [5.74, 6) is 0. The van der Waals surface area contributed by atoms with E-state index in [0.717, 1.165) is 5.56 Å². The predicted octanol–water partition coefficient (Wildman–Crippen LogP) is 3.52. The summed E-state index contributed by atoms with van der Waals surface area (Å²) in [4.78, 5) is 11.8. The van der Waals surface area contributed by atoms with Gasteiger partial charge in [-0.05, 0) is 39.2 Å². The van der Waals surface area contributed by atoms with Gasteiger partial charge in [0.2, 0.25) is 0 Å². The van der Waals surface area contributed by atoms with E-state index in [2.05, 4.69) is 5.32 Å². The number of amides is 1. The van der Waals surface area contributed by atoms with Crippen LogP contribution in [0.1, 0.15) is 51.7 Å². The Bertz CT molecular complexity index is 546. The van der Waals surface area contributed by atoms with Crippen LogP contribution in [0.5, 0.6) is 0 Å². The van der Waals surface area contributed by atoms with Crippen LogP contribution in [-0.2, 0) is 9.47 Å². The van der Waals surface area contributed by atoms with Crippen LogP contribution in [0, 0.1) is 0 Å². The van der Waals surface area contributed by atoms with Crippen molar-refractivity contribution in [3.05, 3.63) is 35.9 Å². The van der Waals surface area contributed by atoms with E-state index in [4.69, 9.17) is 9.47 Å². The highest BCUT2D eigenvalue weighted by Crippen LogP contribution is 2.26. The van der Waals surface area contributed by atoms with Crippen molar-refractivity contribution in [1.82, 2.24) is 5.32 Å². The number of alkyl halides is 1. The van der Waals surface area contributed by atoms with Crippen molar-refractivity contribution in [3.63, 3.8) is 0 Å². The van der Waals surface area contributed by atoms with E-state index in [1.807, 2.05) is 30.3 Å². The third-order valence-corrected chi connectivity index (χ3v) is 4.09. The molecule has 140 valence electrons. The topological polar surface area (TPSA) is 67.8 Å². The molecular weight excluding hydrogens is 325 g/mol. The van der Waals surface area contributed by atoms with E-state index >= 15 is 0 Å². The highest BCUT2D eigenvalue weighted by Gasteiger charge is 2.33. The van der Waals surface area contributed by atoms with Crippen LogP contribution in [0.4, 0.5) is 9.18 Å². The van der Waals surface area contributed by atoms with Crippen LogP contribution >= 0.6 is 0 Å². The van der Waals surface area contributed by atoms with Gasteiger partial charge >= 0.3 is 6.09 Å². The summed E-state index contributed by atoms with van der Waals surface area (Å²) in [7, 11) is 0. The zero-order valence-electron chi connectivity index (χ0n) is 15.1. The van der Waals surface area contributed by atoms with Gasteiger partial charge in [-0.25, -0.2) is 9.18 Å². The van der Waals surface area contributed by atoms with Gasteiger partial charge in [0.1, 0.15) is 17.9 Å². The molecule has 0 aromatic heterocycles. The molecule has 0 saturated heterocycles. The largest absolute Gasteiger partial charge is 0.444 e. The van der Waals surface area contributed by atoms with Crippen LogP contribution in [0.25, 0.3) is 0 Å². The maximum absolute atomic E-state index is 14.3. The second kappa shape index (κ2) is 8.63. The molecule has 1 fully saturated rings. The summed E-state index contributed by atoms with van der Waals surface area (Å²) in [6, 6.07) is 8.90. The number of hydrogen-bond acceptors (Lipinski definition) is 4. The SMILES string of the molecule is CC(C)(C)OC(=O)N[C@H]1CC[C@H](OCC(O)c2ccccc2)[C@@H](F)C1. The summed E-state index contributed by atoms with van der Waals surface area (Å²) in [6.45, 7) is 5.41. The summed E-state index contributed by atoms with van der Waals surface area (Å²) in [5.41, 5.74) is 0.172. The predicted molar refractivity (Wildman–Crippen MR) is 93.0 cm³/mol. The van der Waals surface area contributed by atoms with Crippen molar-refractivity contribution >= 4 is 6.09 Å². The number of carbonyl (C=O) groups is 1. The molecule has 4 atom stereocenters. The van der Waals surface area contributed by atoms with E-state index in [-0.39, 0.29) is 19.1 Å². The minimum absolute atomic E-state index is 0.0548. The zero-order valence-corrected chi connectivity index (χ0v) is 15.1. The second-order valence-corrected chi connectivity index (χ2v) is 7.47. The maximum atomic E-state index is 14.3. The molecule has 6 heteroatoms. The van der Waals surface area contributed by atoms with Gasteiger partial charge in [0, 0.05) is 12.5 Å². The van der Waals surface area contributed by atoms with E-state index in [0.29, 0.717) is 12.8 Å². The Kier molecular flexibility index (Phi) is 6.79. The molecule has 1 aromatic carbocycles. The number of benzene rings is 1. The van der Waals surface area contributed by atoms with Gasteiger partial charge in [-0.1, -0.05) is 30.3 Å². The van der Waals surface area contributed by atoms with Gasteiger partial charge in [0.05, 0.1) is 12.7 Å². The van der Waals surface area contributed by atoms with Crippen LogP contribution < -0.4 is 5.32 Å². The monoisotopic (exact) mass is 353 g/mol. The lowest BCUT2D eigenvalue weighted by molar-refractivity contribution is -0.0634. The third kappa shape index (κ3) is 6.63. The highest BCUT2D eigenvalue weighted by molar-refractivity contribution is 5.68. The van der Waals surface area contributed by atoms with Crippen molar-refractivity contribution in [1.29, 1.82) is 0 Å². The van der Waals surface area contributed by atoms with Gasteiger partial charge in [0.15, 0.2) is 0 Å². The van der Waals surface area contributed by atoms with E-state index < -0.39 is 30.1 Å². The molecule has 5 nitrogen and oxygen atoms in total. The number of hydrogen-bond donors (Lipinski definition) is 2. The molecule has 1 unspecified atom stereocenters. The summed E-state index contributed by atoms with van der Waals surface area (Å²) in [5, 5.41) is 12.8. The Morgan fingerprint density at radius 2 is 2.00 bits per heavy atom. The van der Waals surface area contributed by atoms with Crippen LogP contribution in [0.3, 0.4) is 0 Å². The Morgan fingerprint density at radius 1 is 1.32 bits per heavy atom. The zero-order chi connectivity index (χ0) is 18.4. The van der Waals surface area contributed by atoms with Crippen LogP contribution in [0.15, 0.2) is 30.3 Å². The Balaban J connectivity index is 1.75. The third-order valence-electron chi connectivity index (χ3n) is 4.09. The molecule has 2 rings (SSSR count). The lowest BCUT2D eigenvalue weighted by Crippen LogP contribution is -2.46. The summed E-state index contributed by atoms with van der Waals surface area (Å²) in [6.07, 6.45) is -1.75. The lowest BCUT2D eigenvalue weighted by atomic mass is 9.91. The summed E-state index contributed by atoms with van der Waals surface area (Å²) < 4.78 is 25.1. The average Bonchev–Trinajstić information content (AvgIpc) is 2.52. The number of carbonyl (C=O) groups excluding carboxylic acids is 1. The molecule has 0 bridgehead atoms. The first-order chi connectivity index (χ1) is 11.7. The number of alkyl carbamates (subject to hydrolysis) is 1. The molecule has 1 aliphatic carbocycles. The lowest BCUT2D eigenvalue weighted by Gasteiger charge is -2.33. The van der Waals surface area contributed by atoms with Gasteiger partial charge in [-0.15, -0.1) is 0 Å². The van der Waals surface area contributed by atoms with E-state index in [9.17, 15) is 14.3 Å². The Morgan fingerprint density at radius 3 is 2.60 bits per heavy atom. The van der Waals surface area contributed by atoms with Crippen LogP contribution in [0.2, 0.25) is 0 Å². The number of aliphatic hydroxyl groups excluding tert-OH is 1. The Labute approximate surface area is 148 Å². The Hall–Kier alpha value is -1.66. The number of ether oxygens (including phenoxy) is 2. The summed E-state index contributed by atoms with van der Waals surface area (Å²) >= 11 is 0. The number of rotatable bonds is 5. The average molecular weight is 353 g/mol. The smallest absolute Gasteiger partial charge is 0.407 e. The van der Waals surface area contributed by atoms with Crippen molar-refractivity contribution in [2.75, 3.05) is 6.61 Å². The number of nitrogens with one attached hydrogen (secondary N) is 1. The molecule has 1 amide bonds. The highest BCUT2D eigenvalue weighted by atomic mass is 19.1. The number of halogens is 1. The van der Waals surface area contributed by atoms with Crippen molar-refractivity contribution in [2.45, 2.75) is 70.1 Å². The van der Waals surface area contributed by atoms with E-state index in [1.54, 1.807) is 20.8 Å². The molecule has 0 spiro atoms. The molecule has 0 heterocycles. The van der Waals surface area contributed by atoms with Crippen molar-refractivity contribution < 1.29 is 23.8 Å². The molecule has 0 aliphatic heterocycles. The van der Waals surface area contributed by atoms with Crippen molar-refractivity contribution in [3.8, 4) is 0 Å². The van der Waals surface area contributed by atoms with E-state index in [1.165, 1.54) is 0 Å². The second-order valence-electron chi connectivity index (χ2n) is 7.47. The minimum Gasteiger partial charge on any atom is -0.444 e. The van der Waals surface area contributed by atoms with Gasteiger partial charge in [-0.3, -0.25) is 0 Å². The number of aliphatic hydroxyl groups is 1. The quantitative estimate of drug-likeness (QED) is 0.850.